The number of halogens is 4. The number of hydrogen-bond donors (Lipinski definition) is 1. The summed E-state index contributed by atoms with van der Waals surface area (Å²) < 4.78 is 14.1. The van der Waals surface area contributed by atoms with Crippen LogP contribution in [-0.2, 0) is 5.60 Å². The molecule has 1 N–H and O–H groups in total. The van der Waals surface area contributed by atoms with Gasteiger partial charge < -0.3 is 5.11 Å². The Labute approximate surface area is 129 Å². The Morgan fingerprint density at radius 1 is 1.05 bits per heavy atom. The number of rotatable bonds is 2. The molecule has 0 bridgehead atoms. The molecule has 0 aromatic heterocycles. The molecule has 0 radical (unpaired) electrons. The van der Waals surface area contributed by atoms with Crippen molar-refractivity contribution in [3.63, 3.8) is 0 Å². The second-order valence-electron chi connectivity index (χ2n) is 4.32. The van der Waals surface area contributed by atoms with Crippen LogP contribution < -0.4 is 0 Å². The lowest BCUT2D eigenvalue weighted by Gasteiger charge is -2.26. The molecule has 100 valence electrons. The molecule has 0 aliphatic rings. The Hall–Kier alpha value is -0.610. The molecular weight excluding hydrogens is 354 g/mol. The van der Waals surface area contributed by atoms with Gasteiger partial charge in [0, 0.05) is 25.6 Å². The van der Waals surface area contributed by atoms with E-state index in [1.807, 2.05) is 0 Å². The molecule has 0 heterocycles. The topological polar surface area (TPSA) is 20.2 Å². The lowest BCUT2D eigenvalue weighted by molar-refractivity contribution is 0.102. The first-order valence-corrected chi connectivity index (χ1v) is 7.00. The summed E-state index contributed by atoms with van der Waals surface area (Å²) in [4.78, 5) is 0. The van der Waals surface area contributed by atoms with Crippen LogP contribution in [0.4, 0.5) is 4.39 Å². The van der Waals surface area contributed by atoms with E-state index in [9.17, 15) is 9.50 Å². The van der Waals surface area contributed by atoms with E-state index in [0.29, 0.717) is 10.6 Å². The van der Waals surface area contributed by atoms with Gasteiger partial charge in [0.2, 0.25) is 0 Å². The molecule has 0 spiro atoms. The molecule has 2 rings (SSSR count). The predicted molar refractivity (Wildman–Crippen MR) is 79.2 cm³/mol. The van der Waals surface area contributed by atoms with Crippen molar-refractivity contribution in [3.8, 4) is 0 Å². The third kappa shape index (κ3) is 2.95. The first-order valence-electron chi connectivity index (χ1n) is 5.46. The zero-order chi connectivity index (χ0) is 14.2. The summed E-state index contributed by atoms with van der Waals surface area (Å²) in [6.07, 6.45) is 0. The summed E-state index contributed by atoms with van der Waals surface area (Å²) in [6.45, 7) is 1.53. The smallest absolute Gasteiger partial charge is 0.123 e. The molecule has 2 aromatic rings. The van der Waals surface area contributed by atoms with Crippen LogP contribution in [0, 0.1) is 5.82 Å². The van der Waals surface area contributed by atoms with E-state index in [4.69, 9.17) is 23.2 Å². The van der Waals surface area contributed by atoms with E-state index in [-0.39, 0.29) is 10.6 Å². The zero-order valence-electron chi connectivity index (χ0n) is 9.92. The molecule has 0 aliphatic carbocycles. The Morgan fingerprint density at radius 3 is 2.37 bits per heavy atom. The van der Waals surface area contributed by atoms with Crippen LogP contribution in [0.15, 0.2) is 40.9 Å². The second kappa shape index (κ2) is 5.41. The highest BCUT2D eigenvalue weighted by molar-refractivity contribution is 9.10. The summed E-state index contributed by atoms with van der Waals surface area (Å²) in [5.41, 5.74) is -0.736. The molecule has 0 fully saturated rings. The highest BCUT2D eigenvalue weighted by Crippen LogP contribution is 2.38. The molecule has 1 nitrogen and oxygen atoms in total. The fraction of sp³-hybridized carbons (Fsp3) is 0.143. The number of hydrogen-bond acceptors (Lipinski definition) is 1. The quantitative estimate of drug-likeness (QED) is 0.782. The van der Waals surface area contributed by atoms with E-state index in [1.54, 1.807) is 18.2 Å². The maximum atomic E-state index is 13.3. The molecule has 19 heavy (non-hydrogen) atoms. The number of aliphatic hydroxyl groups is 1. The van der Waals surface area contributed by atoms with E-state index in [0.717, 1.165) is 4.47 Å². The Bertz CT molecular complexity index is 629. The third-order valence-corrected chi connectivity index (χ3v) is 4.04. The van der Waals surface area contributed by atoms with Crippen LogP contribution in [0.1, 0.15) is 18.1 Å². The van der Waals surface area contributed by atoms with Crippen molar-refractivity contribution in [3.05, 3.63) is 67.9 Å². The molecule has 1 unspecified atom stereocenters. The van der Waals surface area contributed by atoms with Gasteiger partial charge in [-0.2, -0.15) is 0 Å². The Balaban J connectivity index is 2.61. The highest BCUT2D eigenvalue weighted by atomic mass is 79.9. The van der Waals surface area contributed by atoms with E-state index in [1.165, 1.54) is 25.1 Å². The van der Waals surface area contributed by atoms with Crippen molar-refractivity contribution in [2.45, 2.75) is 12.5 Å². The van der Waals surface area contributed by atoms with Crippen molar-refractivity contribution in [1.82, 2.24) is 0 Å². The lowest BCUT2D eigenvalue weighted by atomic mass is 9.88. The van der Waals surface area contributed by atoms with Gasteiger partial charge >= 0.3 is 0 Å². The molecule has 0 saturated carbocycles. The summed E-state index contributed by atoms with van der Waals surface area (Å²) in [5, 5.41) is 11.3. The van der Waals surface area contributed by atoms with Crippen LogP contribution in [-0.4, -0.2) is 5.11 Å². The van der Waals surface area contributed by atoms with E-state index < -0.39 is 11.4 Å². The maximum Gasteiger partial charge on any atom is 0.123 e. The first-order chi connectivity index (χ1) is 8.82. The Kier molecular flexibility index (Phi) is 4.21. The molecular formula is C14H10BrCl2FO. The monoisotopic (exact) mass is 362 g/mol. The van der Waals surface area contributed by atoms with E-state index >= 15 is 0 Å². The van der Waals surface area contributed by atoms with E-state index in [2.05, 4.69) is 15.9 Å². The fourth-order valence-electron chi connectivity index (χ4n) is 1.90. The summed E-state index contributed by atoms with van der Waals surface area (Å²) in [5.74, 6) is -0.465. The predicted octanol–water partition coefficient (Wildman–Crippen LogP) is 5.15. The lowest BCUT2D eigenvalue weighted by Crippen LogP contribution is -2.24. The van der Waals surface area contributed by atoms with Crippen LogP contribution in [0.2, 0.25) is 10.0 Å². The van der Waals surface area contributed by atoms with Gasteiger partial charge in [0.15, 0.2) is 0 Å². The van der Waals surface area contributed by atoms with Gasteiger partial charge in [-0.1, -0.05) is 45.2 Å². The number of benzene rings is 2. The summed E-state index contributed by atoms with van der Waals surface area (Å²) >= 11 is 15.5. The minimum absolute atomic E-state index is 0.276. The largest absolute Gasteiger partial charge is 0.381 e. The van der Waals surface area contributed by atoms with Gasteiger partial charge in [-0.15, -0.1) is 0 Å². The summed E-state index contributed by atoms with van der Waals surface area (Å²) in [7, 11) is 0. The third-order valence-electron chi connectivity index (χ3n) is 2.91. The van der Waals surface area contributed by atoms with Gasteiger partial charge in [-0.05, 0) is 37.3 Å². The van der Waals surface area contributed by atoms with Crippen molar-refractivity contribution in [1.29, 1.82) is 0 Å². The Morgan fingerprint density at radius 2 is 1.74 bits per heavy atom. The van der Waals surface area contributed by atoms with Crippen molar-refractivity contribution in [2.24, 2.45) is 0 Å². The molecule has 2 aromatic carbocycles. The summed E-state index contributed by atoms with van der Waals surface area (Å²) in [6, 6.07) is 8.95. The van der Waals surface area contributed by atoms with Crippen LogP contribution >= 0.6 is 39.1 Å². The average Bonchev–Trinajstić information content (AvgIpc) is 2.31. The van der Waals surface area contributed by atoms with Gasteiger partial charge in [0.25, 0.3) is 0 Å². The van der Waals surface area contributed by atoms with Crippen molar-refractivity contribution >= 4 is 39.1 Å². The van der Waals surface area contributed by atoms with Gasteiger partial charge in [0.05, 0.1) is 0 Å². The maximum absolute atomic E-state index is 13.3. The van der Waals surface area contributed by atoms with Crippen LogP contribution in [0.3, 0.4) is 0 Å². The molecule has 5 heteroatoms. The van der Waals surface area contributed by atoms with Crippen molar-refractivity contribution in [2.75, 3.05) is 0 Å². The molecule has 1 atom stereocenters. The molecule has 0 saturated heterocycles. The standard InChI is InChI=1S/C14H10BrCl2FO/c1-14(19,10-4-2-8(15)6-13(10)17)11-7-9(18)3-5-12(11)16/h2-7,19H,1H3. The average molecular weight is 364 g/mol. The highest BCUT2D eigenvalue weighted by Gasteiger charge is 2.30. The second-order valence-corrected chi connectivity index (χ2v) is 6.05. The van der Waals surface area contributed by atoms with Crippen molar-refractivity contribution < 1.29 is 9.50 Å². The molecule has 0 amide bonds. The fourth-order valence-corrected chi connectivity index (χ4v) is 3.06. The van der Waals surface area contributed by atoms with Crippen LogP contribution in [0.5, 0.6) is 0 Å². The SMILES string of the molecule is CC(O)(c1ccc(Br)cc1Cl)c1cc(F)ccc1Cl. The zero-order valence-corrected chi connectivity index (χ0v) is 13.0. The van der Waals surface area contributed by atoms with Gasteiger partial charge in [-0.3, -0.25) is 0 Å². The minimum atomic E-state index is -1.48. The first kappa shape index (κ1) is 14.8. The molecule has 0 aliphatic heterocycles. The van der Waals surface area contributed by atoms with Gasteiger partial charge in [0.1, 0.15) is 11.4 Å². The van der Waals surface area contributed by atoms with Crippen LogP contribution in [0.25, 0.3) is 0 Å². The normalized spacial score (nSPS) is 14.2. The van der Waals surface area contributed by atoms with Gasteiger partial charge in [-0.25, -0.2) is 4.39 Å². The minimum Gasteiger partial charge on any atom is -0.381 e.